The van der Waals surface area contributed by atoms with E-state index in [1.54, 1.807) is 13.8 Å². The molecular weight excluding hydrogens is 310 g/mol. The van der Waals surface area contributed by atoms with Crippen molar-refractivity contribution < 1.29 is 22.9 Å². The number of nitro groups is 1. The van der Waals surface area contributed by atoms with Crippen LogP contribution < -0.4 is 0 Å². The van der Waals surface area contributed by atoms with Crippen molar-refractivity contribution >= 4 is 31.4 Å². The molecule has 0 atom stereocenters. The van der Waals surface area contributed by atoms with Crippen LogP contribution in [-0.2, 0) is 13.8 Å². The van der Waals surface area contributed by atoms with Gasteiger partial charge in [0.05, 0.1) is 21.5 Å². The lowest BCUT2D eigenvalue weighted by atomic mass is 10.1. The van der Waals surface area contributed by atoms with Crippen molar-refractivity contribution in [2.45, 2.75) is 31.8 Å². The molecule has 1 aromatic carbocycles. The number of halogens is 1. The summed E-state index contributed by atoms with van der Waals surface area (Å²) in [6.07, 6.45) is -0.445. The molecule has 1 rings (SSSR count). The van der Waals surface area contributed by atoms with Crippen molar-refractivity contribution in [1.29, 1.82) is 0 Å². The predicted octanol–water partition coefficient (Wildman–Crippen LogP) is 2.40. The molecule has 0 radical (unpaired) electrons. The number of hydrogen-bond donors (Lipinski definition) is 0. The molecule has 0 aromatic heterocycles. The Hall–Kier alpha value is -1.67. The number of hydrogen-bond acceptors (Lipinski definition) is 6. The monoisotopic (exact) mass is 321 g/mol. The van der Waals surface area contributed by atoms with Crippen molar-refractivity contribution in [3.63, 3.8) is 0 Å². The number of esters is 1. The third-order valence-electron chi connectivity index (χ3n) is 2.37. The molecule has 0 unspecified atom stereocenters. The van der Waals surface area contributed by atoms with Gasteiger partial charge in [-0.3, -0.25) is 10.1 Å². The summed E-state index contributed by atoms with van der Waals surface area (Å²) in [5.41, 5.74) is -0.885. The maximum absolute atomic E-state index is 11.7. The molecule has 20 heavy (non-hydrogen) atoms. The average Bonchev–Trinajstić information content (AvgIpc) is 2.25. The smallest absolute Gasteiger partial charge is 0.338 e. The van der Waals surface area contributed by atoms with Crippen LogP contribution >= 0.6 is 10.7 Å². The van der Waals surface area contributed by atoms with E-state index >= 15 is 0 Å². The Morgan fingerprint density at radius 3 is 2.35 bits per heavy atom. The van der Waals surface area contributed by atoms with E-state index in [0.717, 1.165) is 12.1 Å². The van der Waals surface area contributed by atoms with Crippen molar-refractivity contribution in [3.8, 4) is 0 Å². The zero-order valence-corrected chi connectivity index (χ0v) is 12.5. The number of nitrogens with zero attached hydrogens (tertiary/aromatic N) is 1. The molecule has 7 nitrogen and oxygen atoms in total. The van der Waals surface area contributed by atoms with E-state index < -0.39 is 36.6 Å². The van der Waals surface area contributed by atoms with Crippen LogP contribution in [0.3, 0.4) is 0 Å². The predicted molar refractivity (Wildman–Crippen MR) is 71.4 cm³/mol. The highest BCUT2D eigenvalue weighted by molar-refractivity contribution is 8.13. The third-order valence-corrected chi connectivity index (χ3v) is 3.82. The van der Waals surface area contributed by atoms with Gasteiger partial charge in [0.2, 0.25) is 0 Å². The molecule has 0 fully saturated rings. The van der Waals surface area contributed by atoms with Gasteiger partial charge in [0.15, 0.2) is 0 Å². The summed E-state index contributed by atoms with van der Waals surface area (Å²) in [5.74, 6) is -0.857. The fourth-order valence-electron chi connectivity index (χ4n) is 1.52. The van der Waals surface area contributed by atoms with Crippen LogP contribution in [0.15, 0.2) is 17.0 Å². The Morgan fingerprint density at radius 2 is 1.95 bits per heavy atom. The van der Waals surface area contributed by atoms with Crippen LogP contribution in [-0.4, -0.2) is 25.4 Å². The van der Waals surface area contributed by atoms with E-state index in [2.05, 4.69) is 0 Å². The topological polar surface area (TPSA) is 104 Å². The Morgan fingerprint density at radius 1 is 1.40 bits per heavy atom. The molecule has 110 valence electrons. The summed E-state index contributed by atoms with van der Waals surface area (Å²) in [6.45, 7) is 4.43. The lowest BCUT2D eigenvalue weighted by Gasteiger charge is -2.10. The van der Waals surface area contributed by atoms with Gasteiger partial charge in [-0.15, -0.1) is 0 Å². The summed E-state index contributed by atoms with van der Waals surface area (Å²) < 4.78 is 27.7. The minimum atomic E-state index is -4.21. The van der Waals surface area contributed by atoms with Gasteiger partial charge in [-0.1, -0.05) is 0 Å². The van der Waals surface area contributed by atoms with Gasteiger partial charge in [-0.25, -0.2) is 13.2 Å². The van der Waals surface area contributed by atoms with Gasteiger partial charge in [0.1, 0.15) is 0 Å². The van der Waals surface area contributed by atoms with Crippen LogP contribution in [0, 0.1) is 17.0 Å². The second-order valence-corrected chi connectivity index (χ2v) is 6.80. The average molecular weight is 322 g/mol. The van der Waals surface area contributed by atoms with E-state index in [-0.39, 0.29) is 11.1 Å². The summed E-state index contributed by atoms with van der Waals surface area (Å²) in [4.78, 5) is 21.4. The third kappa shape index (κ3) is 3.67. The number of benzene rings is 1. The molecule has 0 N–H and O–H groups in total. The maximum atomic E-state index is 11.7. The van der Waals surface area contributed by atoms with Crippen molar-refractivity contribution in [2.24, 2.45) is 0 Å². The standard InChI is InChI=1S/C11H12ClNO6S/c1-6(2)19-11(14)8-4-9(13(15)16)7(3)10(5-8)20(12,17)18/h4-6H,1-3H3. The van der Waals surface area contributed by atoms with Gasteiger partial charge in [-0.05, 0) is 26.8 Å². The lowest BCUT2D eigenvalue weighted by molar-refractivity contribution is -0.385. The van der Waals surface area contributed by atoms with Crippen LogP contribution in [0.25, 0.3) is 0 Å². The SMILES string of the molecule is Cc1c([N+](=O)[O-])cc(C(=O)OC(C)C)cc1S(=O)(=O)Cl. The molecular formula is C11H12ClNO6S. The molecule has 0 heterocycles. The molecule has 0 saturated heterocycles. The molecule has 0 aliphatic rings. The van der Waals surface area contributed by atoms with Crippen molar-refractivity contribution in [2.75, 3.05) is 0 Å². The van der Waals surface area contributed by atoms with Crippen LogP contribution in [0.1, 0.15) is 29.8 Å². The van der Waals surface area contributed by atoms with Crippen molar-refractivity contribution in [1.82, 2.24) is 0 Å². The highest BCUT2D eigenvalue weighted by Crippen LogP contribution is 2.29. The quantitative estimate of drug-likeness (QED) is 0.365. The fraction of sp³-hybridized carbons (Fsp3) is 0.364. The van der Waals surface area contributed by atoms with E-state index in [1.165, 1.54) is 6.92 Å². The number of rotatable bonds is 4. The highest BCUT2D eigenvalue weighted by atomic mass is 35.7. The lowest BCUT2D eigenvalue weighted by Crippen LogP contribution is -2.13. The first kappa shape index (κ1) is 16.4. The molecule has 0 aliphatic carbocycles. The first-order valence-electron chi connectivity index (χ1n) is 5.48. The fourth-order valence-corrected chi connectivity index (χ4v) is 2.73. The number of carbonyl (C=O) groups excluding carboxylic acids is 1. The molecule has 9 heteroatoms. The summed E-state index contributed by atoms with van der Waals surface area (Å²) in [7, 11) is 1.01. The van der Waals surface area contributed by atoms with Gasteiger partial charge < -0.3 is 4.74 Å². The Bertz CT molecular complexity index is 668. The Balaban J connectivity index is 3.53. The van der Waals surface area contributed by atoms with Crippen LogP contribution in [0.5, 0.6) is 0 Å². The second-order valence-electron chi connectivity index (χ2n) is 4.27. The Kier molecular flexibility index (Phi) is 4.72. The molecule has 1 aromatic rings. The van der Waals surface area contributed by atoms with Gasteiger partial charge in [0.25, 0.3) is 14.7 Å². The molecule has 0 saturated carbocycles. The highest BCUT2D eigenvalue weighted by Gasteiger charge is 2.25. The largest absolute Gasteiger partial charge is 0.459 e. The van der Waals surface area contributed by atoms with E-state index in [9.17, 15) is 23.3 Å². The number of ether oxygens (including phenoxy) is 1. The number of nitro benzene ring substituents is 1. The molecule has 0 bridgehead atoms. The van der Waals surface area contributed by atoms with E-state index in [4.69, 9.17) is 15.4 Å². The van der Waals surface area contributed by atoms with Crippen LogP contribution in [0.2, 0.25) is 0 Å². The number of carbonyl (C=O) groups is 1. The van der Waals surface area contributed by atoms with Gasteiger partial charge in [0, 0.05) is 22.3 Å². The second kappa shape index (κ2) is 5.76. The summed E-state index contributed by atoms with van der Waals surface area (Å²) in [5, 5.41) is 10.9. The van der Waals surface area contributed by atoms with E-state index in [1.807, 2.05) is 0 Å². The minimum Gasteiger partial charge on any atom is -0.459 e. The Labute approximate surface area is 120 Å². The van der Waals surface area contributed by atoms with Crippen molar-refractivity contribution in [3.05, 3.63) is 33.4 Å². The normalized spacial score (nSPS) is 11.4. The first-order chi connectivity index (χ1) is 9.04. The zero-order chi connectivity index (χ0) is 15.7. The first-order valence-corrected chi connectivity index (χ1v) is 7.79. The summed E-state index contributed by atoms with van der Waals surface area (Å²) in [6, 6.07) is 1.93. The van der Waals surface area contributed by atoms with E-state index in [0.29, 0.717) is 0 Å². The molecule has 0 amide bonds. The zero-order valence-electron chi connectivity index (χ0n) is 10.9. The molecule has 0 spiro atoms. The summed E-state index contributed by atoms with van der Waals surface area (Å²) >= 11 is 0. The maximum Gasteiger partial charge on any atom is 0.338 e. The molecule has 0 aliphatic heterocycles. The minimum absolute atomic E-state index is 0.133. The van der Waals surface area contributed by atoms with Gasteiger partial charge in [-0.2, -0.15) is 0 Å². The van der Waals surface area contributed by atoms with Gasteiger partial charge >= 0.3 is 5.97 Å². The van der Waals surface area contributed by atoms with Crippen LogP contribution in [0.4, 0.5) is 5.69 Å².